The van der Waals surface area contributed by atoms with Gasteiger partial charge >= 0.3 is 0 Å². The molecule has 0 saturated heterocycles. The van der Waals surface area contributed by atoms with Gasteiger partial charge in [-0.25, -0.2) is 5.43 Å². The second-order valence-corrected chi connectivity index (χ2v) is 3.78. The van der Waals surface area contributed by atoms with Gasteiger partial charge in [0.25, 0.3) is 0 Å². The van der Waals surface area contributed by atoms with Crippen LogP contribution in [-0.2, 0) is 0 Å². The molecule has 0 amide bonds. The predicted octanol–water partition coefficient (Wildman–Crippen LogP) is 2.25. The Balaban J connectivity index is 2.29. The van der Waals surface area contributed by atoms with Gasteiger partial charge in [0.15, 0.2) is 0 Å². The van der Waals surface area contributed by atoms with Crippen LogP contribution in [0, 0.1) is 0 Å². The fourth-order valence-corrected chi connectivity index (χ4v) is 1.83. The van der Waals surface area contributed by atoms with Crippen LogP contribution < -0.4 is 16.0 Å². The first-order chi connectivity index (χ1) is 8.35. The Morgan fingerprint density at radius 2 is 1.53 bits per heavy atom. The zero-order valence-corrected chi connectivity index (χ0v) is 9.76. The molecular weight excluding hydrogens is 212 g/mol. The van der Waals surface area contributed by atoms with Crippen LogP contribution >= 0.6 is 0 Å². The van der Waals surface area contributed by atoms with Crippen LogP contribution in [0.25, 0.3) is 0 Å². The zero-order chi connectivity index (χ0) is 12.1. The minimum absolute atomic E-state index is 0.00195. The van der Waals surface area contributed by atoms with Crippen molar-refractivity contribution in [1.29, 1.82) is 0 Å². The highest BCUT2D eigenvalue weighted by Gasteiger charge is 2.11. The molecule has 0 saturated carbocycles. The first-order valence-electron chi connectivity index (χ1n) is 5.50. The van der Waals surface area contributed by atoms with Crippen molar-refractivity contribution < 1.29 is 4.74 Å². The van der Waals surface area contributed by atoms with Crippen molar-refractivity contribution in [3.8, 4) is 5.75 Å². The normalized spacial score (nSPS) is 12.1. The average Bonchev–Trinajstić information content (AvgIpc) is 2.42. The maximum absolute atomic E-state index is 5.63. The van der Waals surface area contributed by atoms with E-state index in [9.17, 15) is 0 Å². The Labute approximate surface area is 101 Å². The number of methoxy groups -OCH3 is 1. The third-order valence-corrected chi connectivity index (χ3v) is 2.75. The van der Waals surface area contributed by atoms with Crippen molar-refractivity contribution in [3.63, 3.8) is 0 Å². The van der Waals surface area contributed by atoms with Crippen LogP contribution in [0.5, 0.6) is 5.75 Å². The molecule has 3 nitrogen and oxygen atoms in total. The highest BCUT2D eigenvalue weighted by atomic mass is 16.5. The summed E-state index contributed by atoms with van der Waals surface area (Å²) < 4.78 is 5.14. The van der Waals surface area contributed by atoms with Crippen molar-refractivity contribution >= 4 is 0 Å². The monoisotopic (exact) mass is 228 g/mol. The van der Waals surface area contributed by atoms with Crippen molar-refractivity contribution in [1.82, 2.24) is 5.43 Å². The van der Waals surface area contributed by atoms with Gasteiger partial charge in [-0.05, 0) is 23.3 Å². The molecule has 2 rings (SSSR count). The van der Waals surface area contributed by atoms with Crippen molar-refractivity contribution in [2.75, 3.05) is 7.11 Å². The van der Waals surface area contributed by atoms with Gasteiger partial charge in [-0.3, -0.25) is 5.84 Å². The SMILES string of the molecule is COc1ccc(C(NN)c2ccccc2)cc1. The van der Waals surface area contributed by atoms with E-state index in [1.54, 1.807) is 7.11 Å². The second kappa shape index (κ2) is 5.48. The summed E-state index contributed by atoms with van der Waals surface area (Å²) in [5.41, 5.74) is 5.08. The van der Waals surface area contributed by atoms with Gasteiger partial charge in [-0.15, -0.1) is 0 Å². The van der Waals surface area contributed by atoms with E-state index in [1.165, 1.54) is 0 Å². The lowest BCUT2D eigenvalue weighted by molar-refractivity contribution is 0.414. The van der Waals surface area contributed by atoms with E-state index in [0.717, 1.165) is 16.9 Å². The molecule has 0 aromatic heterocycles. The molecule has 3 heteroatoms. The molecule has 17 heavy (non-hydrogen) atoms. The Morgan fingerprint density at radius 3 is 2.06 bits per heavy atom. The maximum Gasteiger partial charge on any atom is 0.118 e. The maximum atomic E-state index is 5.63. The zero-order valence-electron chi connectivity index (χ0n) is 9.76. The summed E-state index contributed by atoms with van der Waals surface area (Å²) in [7, 11) is 1.66. The Hall–Kier alpha value is -1.84. The van der Waals surface area contributed by atoms with E-state index in [1.807, 2.05) is 42.5 Å². The van der Waals surface area contributed by atoms with Gasteiger partial charge in [0.2, 0.25) is 0 Å². The molecule has 88 valence electrons. The standard InChI is InChI=1S/C14H16N2O/c1-17-13-9-7-12(8-10-13)14(16-15)11-5-3-2-4-6-11/h2-10,14,16H,15H2,1H3. The number of hydrogen-bond donors (Lipinski definition) is 2. The van der Waals surface area contributed by atoms with Gasteiger partial charge in [-0.1, -0.05) is 42.5 Å². The van der Waals surface area contributed by atoms with Crippen LogP contribution in [-0.4, -0.2) is 7.11 Å². The summed E-state index contributed by atoms with van der Waals surface area (Å²) in [6, 6.07) is 18.0. The Morgan fingerprint density at radius 1 is 0.941 bits per heavy atom. The topological polar surface area (TPSA) is 47.3 Å². The second-order valence-electron chi connectivity index (χ2n) is 3.78. The van der Waals surface area contributed by atoms with E-state index < -0.39 is 0 Å². The van der Waals surface area contributed by atoms with Crippen LogP contribution in [0.1, 0.15) is 17.2 Å². The molecule has 0 aliphatic carbocycles. The quantitative estimate of drug-likeness (QED) is 0.623. The first kappa shape index (κ1) is 11.6. The van der Waals surface area contributed by atoms with E-state index in [-0.39, 0.29) is 6.04 Å². The molecule has 2 aromatic carbocycles. The van der Waals surface area contributed by atoms with Crippen LogP contribution in [0.3, 0.4) is 0 Å². The van der Waals surface area contributed by atoms with Crippen molar-refractivity contribution in [3.05, 3.63) is 65.7 Å². The molecular formula is C14H16N2O. The molecule has 0 aliphatic heterocycles. The summed E-state index contributed by atoms with van der Waals surface area (Å²) in [6.45, 7) is 0. The summed E-state index contributed by atoms with van der Waals surface area (Å²) in [5.74, 6) is 6.47. The molecule has 1 atom stereocenters. The van der Waals surface area contributed by atoms with Crippen molar-refractivity contribution in [2.24, 2.45) is 5.84 Å². The number of hydrogen-bond acceptors (Lipinski definition) is 3. The molecule has 0 aliphatic rings. The highest BCUT2D eigenvalue weighted by Crippen LogP contribution is 2.23. The third kappa shape index (κ3) is 2.64. The van der Waals surface area contributed by atoms with E-state index in [0.29, 0.717) is 0 Å². The first-order valence-corrected chi connectivity index (χ1v) is 5.50. The molecule has 2 aromatic rings. The van der Waals surface area contributed by atoms with Gasteiger partial charge < -0.3 is 4.74 Å². The number of hydrazine groups is 1. The van der Waals surface area contributed by atoms with Crippen LogP contribution in [0.2, 0.25) is 0 Å². The Kier molecular flexibility index (Phi) is 3.75. The highest BCUT2D eigenvalue weighted by molar-refractivity contribution is 5.35. The number of benzene rings is 2. The fraction of sp³-hybridized carbons (Fsp3) is 0.143. The van der Waals surface area contributed by atoms with Gasteiger partial charge in [-0.2, -0.15) is 0 Å². The molecule has 0 fully saturated rings. The number of ether oxygens (including phenoxy) is 1. The molecule has 0 heterocycles. The summed E-state index contributed by atoms with van der Waals surface area (Å²) in [5, 5.41) is 0. The van der Waals surface area contributed by atoms with Crippen molar-refractivity contribution in [2.45, 2.75) is 6.04 Å². The summed E-state index contributed by atoms with van der Waals surface area (Å²) >= 11 is 0. The lowest BCUT2D eigenvalue weighted by Crippen LogP contribution is -2.28. The van der Waals surface area contributed by atoms with E-state index >= 15 is 0 Å². The molecule has 0 spiro atoms. The van der Waals surface area contributed by atoms with E-state index in [2.05, 4.69) is 17.6 Å². The van der Waals surface area contributed by atoms with Crippen LogP contribution in [0.4, 0.5) is 0 Å². The van der Waals surface area contributed by atoms with Gasteiger partial charge in [0.05, 0.1) is 13.2 Å². The minimum Gasteiger partial charge on any atom is -0.497 e. The largest absolute Gasteiger partial charge is 0.497 e. The predicted molar refractivity (Wildman–Crippen MR) is 68.6 cm³/mol. The average molecular weight is 228 g/mol. The van der Waals surface area contributed by atoms with Crippen LogP contribution in [0.15, 0.2) is 54.6 Å². The smallest absolute Gasteiger partial charge is 0.118 e. The molecule has 0 radical (unpaired) electrons. The summed E-state index contributed by atoms with van der Waals surface area (Å²) in [4.78, 5) is 0. The van der Waals surface area contributed by atoms with Gasteiger partial charge in [0.1, 0.15) is 5.75 Å². The molecule has 3 N–H and O–H groups in total. The van der Waals surface area contributed by atoms with E-state index in [4.69, 9.17) is 10.6 Å². The molecule has 0 bridgehead atoms. The third-order valence-electron chi connectivity index (χ3n) is 2.75. The lowest BCUT2D eigenvalue weighted by atomic mass is 9.99. The Bertz CT molecular complexity index is 453. The minimum atomic E-state index is 0.00195. The number of nitrogens with two attached hydrogens (primary N) is 1. The number of nitrogens with one attached hydrogen (secondary N) is 1. The van der Waals surface area contributed by atoms with Gasteiger partial charge in [0, 0.05) is 0 Å². The molecule has 1 unspecified atom stereocenters. The fourth-order valence-electron chi connectivity index (χ4n) is 1.83. The summed E-state index contributed by atoms with van der Waals surface area (Å²) in [6.07, 6.45) is 0. The number of rotatable bonds is 4. The lowest BCUT2D eigenvalue weighted by Gasteiger charge is -2.17.